The van der Waals surface area contributed by atoms with Crippen LogP contribution in [0.15, 0.2) is 57.2 Å². The van der Waals surface area contributed by atoms with E-state index in [1.54, 1.807) is 34.5 Å². The number of hydrogen-bond donors (Lipinski definition) is 0. The Kier molecular flexibility index (Phi) is 7.76. The number of pyridine rings is 1. The van der Waals surface area contributed by atoms with Crippen molar-refractivity contribution in [2.24, 2.45) is 0 Å². The minimum absolute atomic E-state index is 0.105. The van der Waals surface area contributed by atoms with Gasteiger partial charge in [-0.2, -0.15) is 13.2 Å². The van der Waals surface area contributed by atoms with Gasteiger partial charge in [0.05, 0.1) is 5.01 Å². The van der Waals surface area contributed by atoms with Crippen molar-refractivity contribution in [3.05, 3.63) is 84.6 Å². The Balaban J connectivity index is 1.34. The van der Waals surface area contributed by atoms with Crippen LogP contribution in [0.4, 0.5) is 13.2 Å². The molecule has 36 heavy (non-hydrogen) atoms. The molecule has 1 fully saturated rings. The molecule has 1 saturated heterocycles. The van der Waals surface area contributed by atoms with E-state index in [-0.39, 0.29) is 11.7 Å². The standard InChI is InChI=1S/C25H19BrF3N3O3S/c26-18-5-3-16(4-6-18)21(33)8-7-19-15-36-23(30-19)17-9-12-31(13-10-17)22(34)14-32-11-1-2-20(24(32)35)25(27,28)29/h1-6,11,15,17H,9-10,12-14H2. The van der Waals surface area contributed by atoms with E-state index in [0.717, 1.165) is 20.1 Å². The zero-order valence-corrected chi connectivity index (χ0v) is 21.1. The third-order valence-corrected chi connectivity index (χ3v) is 7.30. The van der Waals surface area contributed by atoms with Crippen molar-refractivity contribution in [1.29, 1.82) is 0 Å². The SMILES string of the molecule is O=C(C#Cc1csc(C2CCN(C(=O)Cn3cccc(C(F)(F)F)c3=O)CC2)n1)c1ccc(Br)cc1. The first-order chi connectivity index (χ1) is 17.1. The number of Topliss-reactive ketones (excluding diaryl/α,β-unsaturated/α-hetero) is 1. The zero-order chi connectivity index (χ0) is 25.9. The van der Waals surface area contributed by atoms with Crippen LogP contribution in [0.3, 0.4) is 0 Å². The lowest BCUT2D eigenvalue weighted by Gasteiger charge is -2.31. The molecule has 2 aromatic heterocycles. The number of piperidine rings is 1. The van der Waals surface area contributed by atoms with E-state index < -0.39 is 29.8 Å². The van der Waals surface area contributed by atoms with Gasteiger partial charge in [0.25, 0.3) is 5.56 Å². The highest BCUT2D eigenvalue weighted by atomic mass is 79.9. The van der Waals surface area contributed by atoms with Crippen molar-refractivity contribution in [2.75, 3.05) is 13.1 Å². The summed E-state index contributed by atoms with van der Waals surface area (Å²) in [4.78, 5) is 43.0. The fraction of sp³-hybridized carbons (Fsp3) is 0.280. The molecule has 1 aliphatic rings. The molecule has 1 aromatic carbocycles. The van der Waals surface area contributed by atoms with Gasteiger partial charge in [-0.25, -0.2) is 4.98 Å². The van der Waals surface area contributed by atoms with Gasteiger partial charge in [0.1, 0.15) is 17.8 Å². The average Bonchev–Trinajstić information content (AvgIpc) is 3.33. The third kappa shape index (κ3) is 6.12. The molecule has 0 atom stereocenters. The van der Waals surface area contributed by atoms with E-state index >= 15 is 0 Å². The summed E-state index contributed by atoms with van der Waals surface area (Å²) in [5.41, 5.74) is -1.53. The number of halogens is 4. The molecule has 0 saturated carbocycles. The molecule has 0 unspecified atom stereocenters. The Hall–Kier alpha value is -3.23. The van der Waals surface area contributed by atoms with Gasteiger partial charge < -0.3 is 9.47 Å². The van der Waals surface area contributed by atoms with E-state index in [4.69, 9.17) is 0 Å². The molecule has 6 nitrogen and oxygen atoms in total. The number of aromatic nitrogens is 2. The first-order valence-electron chi connectivity index (χ1n) is 10.9. The number of thiazole rings is 1. The number of nitrogens with zero attached hydrogens (tertiary/aromatic N) is 3. The number of amides is 1. The van der Waals surface area contributed by atoms with Crippen LogP contribution in [0, 0.1) is 11.8 Å². The molecule has 0 spiro atoms. The molecule has 3 aromatic rings. The minimum Gasteiger partial charge on any atom is -0.341 e. The molecule has 4 rings (SSSR count). The third-order valence-electron chi connectivity index (χ3n) is 5.76. The first-order valence-corrected chi connectivity index (χ1v) is 12.6. The van der Waals surface area contributed by atoms with Crippen LogP contribution in [0.25, 0.3) is 0 Å². The highest BCUT2D eigenvalue weighted by molar-refractivity contribution is 9.10. The van der Waals surface area contributed by atoms with Gasteiger partial charge in [-0.05, 0) is 61.1 Å². The van der Waals surface area contributed by atoms with Gasteiger partial charge >= 0.3 is 6.18 Å². The molecule has 186 valence electrons. The van der Waals surface area contributed by atoms with Gasteiger partial charge in [-0.1, -0.05) is 15.9 Å². The van der Waals surface area contributed by atoms with Crippen LogP contribution in [0.1, 0.15) is 45.4 Å². The summed E-state index contributed by atoms with van der Waals surface area (Å²) in [6.45, 7) is 0.358. The van der Waals surface area contributed by atoms with Crippen LogP contribution < -0.4 is 5.56 Å². The van der Waals surface area contributed by atoms with Gasteiger partial charge in [0, 0.05) is 40.6 Å². The molecule has 0 aliphatic carbocycles. The summed E-state index contributed by atoms with van der Waals surface area (Å²) in [6, 6.07) is 8.73. The Bertz CT molecular complexity index is 1400. The number of hydrogen-bond acceptors (Lipinski definition) is 5. The Morgan fingerprint density at radius 2 is 1.83 bits per heavy atom. The molecule has 0 N–H and O–H groups in total. The zero-order valence-electron chi connectivity index (χ0n) is 18.7. The number of ketones is 1. The summed E-state index contributed by atoms with van der Waals surface area (Å²) in [7, 11) is 0. The molecular weight excluding hydrogens is 559 g/mol. The maximum Gasteiger partial charge on any atom is 0.421 e. The minimum atomic E-state index is -4.77. The van der Waals surface area contributed by atoms with Crippen LogP contribution in [0.5, 0.6) is 0 Å². The fourth-order valence-corrected chi connectivity index (χ4v) is 5.01. The van der Waals surface area contributed by atoms with Crippen molar-refractivity contribution in [1.82, 2.24) is 14.5 Å². The fourth-order valence-electron chi connectivity index (χ4n) is 3.83. The Morgan fingerprint density at radius 1 is 1.14 bits per heavy atom. The van der Waals surface area contributed by atoms with Gasteiger partial charge in [-0.15, -0.1) is 11.3 Å². The molecule has 1 amide bonds. The lowest BCUT2D eigenvalue weighted by Crippen LogP contribution is -2.41. The van der Waals surface area contributed by atoms with Crippen molar-refractivity contribution in [3.8, 4) is 11.8 Å². The second-order valence-electron chi connectivity index (χ2n) is 8.16. The van der Waals surface area contributed by atoms with Crippen LogP contribution >= 0.6 is 27.3 Å². The van der Waals surface area contributed by atoms with Crippen LogP contribution in [0.2, 0.25) is 0 Å². The average molecular weight is 578 g/mol. The summed E-state index contributed by atoms with van der Waals surface area (Å²) >= 11 is 4.76. The summed E-state index contributed by atoms with van der Waals surface area (Å²) < 4.78 is 40.6. The van der Waals surface area contributed by atoms with E-state index in [0.29, 0.717) is 43.3 Å². The van der Waals surface area contributed by atoms with Crippen molar-refractivity contribution < 1.29 is 22.8 Å². The number of benzene rings is 1. The monoisotopic (exact) mass is 577 g/mol. The normalized spacial score (nSPS) is 14.3. The number of carbonyl (C=O) groups is 2. The maximum absolute atomic E-state index is 13.0. The molecule has 0 radical (unpaired) electrons. The topological polar surface area (TPSA) is 72.3 Å². The summed E-state index contributed by atoms with van der Waals surface area (Å²) in [6.07, 6.45) is -2.34. The molecule has 1 aliphatic heterocycles. The van der Waals surface area contributed by atoms with E-state index in [2.05, 4.69) is 32.8 Å². The second kappa shape index (κ2) is 10.8. The highest BCUT2D eigenvalue weighted by Crippen LogP contribution is 2.30. The number of carbonyl (C=O) groups excluding carboxylic acids is 2. The quantitative estimate of drug-likeness (QED) is 0.332. The number of likely N-dealkylation sites (tertiary alicyclic amines) is 1. The van der Waals surface area contributed by atoms with E-state index in [9.17, 15) is 27.6 Å². The number of alkyl halides is 3. The highest BCUT2D eigenvalue weighted by Gasteiger charge is 2.34. The van der Waals surface area contributed by atoms with Crippen LogP contribution in [-0.2, 0) is 17.5 Å². The molecule has 11 heteroatoms. The van der Waals surface area contributed by atoms with Crippen molar-refractivity contribution in [2.45, 2.75) is 31.5 Å². The Morgan fingerprint density at radius 3 is 2.50 bits per heavy atom. The smallest absolute Gasteiger partial charge is 0.341 e. The van der Waals surface area contributed by atoms with Gasteiger partial charge in [0.2, 0.25) is 11.7 Å². The molecule has 3 heterocycles. The van der Waals surface area contributed by atoms with Crippen LogP contribution in [-0.4, -0.2) is 39.2 Å². The summed E-state index contributed by atoms with van der Waals surface area (Å²) in [5, 5.41) is 2.64. The molecule has 0 bridgehead atoms. The van der Waals surface area contributed by atoms with Crippen molar-refractivity contribution >= 4 is 39.0 Å². The maximum atomic E-state index is 13.0. The molecular formula is C25H19BrF3N3O3S. The predicted molar refractivity (Wildman–Crippen MR) is 132 cm³/mol. The lowest BCUT2D eigenvalue weighted by atomic mass is 9.97. The van der Waals surface area contributed by atoms with E-state index in [1.807, 2.05) is 0 Å². The van der Waals surface area contributed by atoms with E-state index in [1.165, 1.54) is 17.5 Å². The largest absolute Gasteiger partial charge is 0.421 e. The van der Waals surface area contributed by atoms with Gasteiger partial charge in [-0.3, -0.25) is 14.4 Å². The Labute approximate surface area is 216 Å². The van der Waals surface area contributed by atoms with Gasteiger partial charge in [0.15, 0.2) is 0 Å². The second-order valence-corrected chi connectivity index (χ2v) is 9.97. The lowest BCUT2D eigenvalue weighted by molar-refractivity contribution is -0.139. The first kappa shape index (κ1) is 25.9. The predicted octanol–water partition coefficient (Wildman–Crippen LogP) is 4.73. The van der Waals surface area contributed by atoms with Crippen molar-refractivity contribution in [3.63, 3.8) is 0 Å². The number of rotatable bonds is 4. The summed E-state index contributed by atoms with van der Waals surface area (Å²) in [5.74, 6) is 4.80.